The molecular weight excluding hydrogens is 154 g/mol. The van der Waals surface area contributed by atoms with Gasteiger partial charge in [-0.15, -0.1) is 4.58 Å². The third kappa shape index (κ3) is 0.740. The third-order valence-corrected chi connectivity index (χ3v) is 2.03. The van der Waals surface area contributed by atoms with Gasteiger partial charge in [0.1, 0.15) is 12.3 Å². The van der Waals surface area contributed by atoms with Crippen molar-refractivity contribution in [1.29, 1.82) is 0 Å². The van der Waals surface area contributed by atoms with Gasteiger partial charge in [-0.3, -0.25) is 0 Å². The van der Waals surface area contributed by atoms with E-state index in [0.29, 0.717) is 11.1 Å². The fourth-order valence-corrected chi connectivity index (χ4v) is 1.35. The van der Waals surface area contributed by atoms with Crippen LogP contribution in [-0.4, -0.2) is 22.3 Å². The molecule has 1 aromatic rings. The minimum absolute atomic E-state index is 0.224. The maximum absolute atomic E-state index is 11.3. The third-order valence-electron chi connectivity index (χ3n) is 2.03. The van der Waals surface area contributed by atoms with Crippen LogP contribution >= 0.6 is 0 Å². The molecule has 1 unspecified atom stereocenters. The number of nitrogens with zero attached hydrogens (tertiary/aromatic N) is 1. The van der Waals surface area contributed by atoms with E-state index in [1.807, 2.05) is 0 Å². The number of carbonyl (C=O) groups excluding carboxylic acids is 1. The topological polar surface area (TPSA) is 40.3 Å². The largest absolute Gasteiger partial charge is 0.422 e. The number of hydrogen-bond donors (Lipinski definition) is 1. The number of hydrogen-bond acceptors (Lipinski definition) is 2. The predicted octanol–water partition coefficient (Wildman–Crippen LogP) is 0.544. The van der Waals surface area contributed by atoms with Gasteiger partial charge in [0.2, 0.25) is 0 Å². The summed E-state index contributed by atoms with van der Waals surface area (Å²) in [5, 5.41) is 9.46. The molecule has 0 saturated carbocycles. The number of rotatable bonds is 0. The van der Waals surface area contributed by atoms with E-state index in [4.69, 9.17) is 0 Å². The molecule has 0 spiro atoms. The lowest BCUT2D eigenvalue weighted by Crippen LogP contribution is -2.13. The van der Waals surface area contributed by atoms with Gasteiger partial charge in [0.25, 0.3) is 6.23 Å². The molecule has 0 aliphatic carbocycles. The lowest BCUT2D eigenvalue weighted by atomic mass is 10.1. The summed E-state index contributed by atoms with van der Waals surface area (Å²) in [6.07, 6.45) is -0.881. The van der Waals surface area contributed by atoms with E-state index in [0.717, 1.165) is 4.58 Å². The molecule has 2 rings (SSSR count). The molecule has 0 radical (unpaired) electrons. The summed E-state index contributed by atoms with van der Waals surface area (Å²) in [4.78, 5) is 11.3. The second kappa shape index (κ2) is 2.25. The van der Waals surface area contributed by atoms with Gasteiger partial charge >= 0.3 is 5.91 Å². The molecule has 0 saturated heterocycles. The standard InChI is InChI=1S/C9H8NO2/c1-10-8(11)6-4-2-3-5-7(6)9(10)12/h2-5,8,11H,1H2/q+1. The first kappa shape index (κ1) is 7.18. The monoisotopic (exact) mass is 162 g/mol. The van der Waals surface area contributed by atoms with Crippen LogP contribution in [0.15, 0.2) is 24.3 Å². The molecule has 1 aliphatic heterocycles. The van der Waals surface area contributed by atoms with E-state index >= 15 is 0 Å². The second-order valence-corrected chi connectivity index (χ2v) is 2.74. The molecular formula is C9H8NO2+. The molecule has 1 N–H and O–H groups in total. The van der Waals surface area contributed by atoms with Crippen molar-refractivity contribution in [3.05, 3.63) is 35.4 Å². The number of fused-ring (bicyclic) bond motifs is 1. The molecule has 3 nitrogen and oxygen atoms in total. The van der Waals surface area contributed by atoms with Crippen LogP contribution in [0, 0.1) is 0 Å². The van der Waals surface area contributed by atoms with Crippen molar-refractivity contribution in [3.8, 4) is 0 Å². The van der Waals surface area contributed by atoms with E-state index in [1.165, 1.54) is 0 Å². The quantitative estimate of drug-likeness (QED) is 0.566. The Labute approximate surface area is 69.6 Å². The highest BCUT2D eigenvalue weighted by molar-refractivity contribution is 5.92. The fraction of sp³-hybridized carbons (Fsp3) is 0.111. The molecule has 1 aliphatic rings. The Morgan fingerprint density at radius 3 is 2.75 bits per heavy atom. The number of benzene rings is 1. The first-order chi connectivity index (χ1) is 5.72. The summed E-state index contributed by atoms with van der Waals surface area (Å²) in [6, 6.07) is 6.96. The first-order valence-corrected chi connectivity index (χ1v) is 3.63. The minimum Gasteiger partial charge on any atom is -0.333 e. The van der Waals surface area contributed by atoms with Crippen LogP contribution in [0.2, 0.25) is 0 Å². The fourth-order valence-electron chi connectivity index (χ4n) is 1.35. The number of aliphatic hydroxyl groups is 1. The molecule has 1 atom stereocenters. The molecule has 0 fully saturated rings. The van der Waals surface area contributed by atoms with Crippen molar-refractivity contribution in [2.24, 2.45) is 0 Å². The number of aliphatic hydroxyl groups excluding tert-OH is 1. The van der Waals surface area contributed by atoms with Crippen molar-refractivity contribution in [1.82, 2.24) is 0 Å². The Kier molecular flexibility index (Phi) is 1.35. The summed E-state index contributed by atoms with van der Waals surface area (Å²) in [7, 11) is 0. The number of amides is 1. The van der Waals surface area contributed by atoms with Crippen molar-refractivity contribution in [3.63, 3.8) is 0 Å². The van der Waals surface area contributed by atoms with Gasteiger partial charge in [-0.05, 0) is 12.1 Å². The van der Waals surface area contributed by atoms with E-state index in [1.54, 1.807) is 24.3 Å². The molecule has 60 valence electrons. The SMILES string of the molecule is C=[N+]1C(=O)c2ccccc2C1O. The van der Waals surface area contributed by atoms with Gasteiger partial charge in [-0.1, -0.05) is 12.1 Å². The normalized spacial score (nSPS) is 21.2. The zero-order valence-electron chi connectivity index (χ0n) is 6.40. The van der Waals surface area contributed by atoms with Gasteiger partial charge in [0.15, 0.2) is 0 Å². The van der Waals surface area contributed by atoms with Crippen LogP contribution in [0.1, 0.15) is 22.1 Å². The average Bonchev–Trinajstić information content (AvgIpc) is 2.33. The molecule has 3 heteroatoms. The molecule has 1 heterocycles. The van der Waals surface area contributed by atoms with Crippen LogP contribution < -0.4 is 0 Å². The van der Waals surface area contributed by atoms with Crippen molar-refractivity contribution >= 4 is 12.6 Å². The van der Waals surface area contributed by atoms with Crippen LogP contribution in [0.3, 0.4) is 0 Å². The lowest BCUT2D eigenvalue weighted by Gasteiger charge is -1.94. The average molecular weight is 162 g/mol. The summed E-state index contributed by atoms with van der Waals surface area (Å²) >= 11 is 0. The van der Waals surface area contributed by atoms with Crippen LogP contribution in [0.25, 0.3) is 0 Å². The predicted molar refractivity (Wildman–Crippen MR) is 43.1 cm³/mol. The Hall–Kier alpha value is -1.48. The van der Waals surface area contributed by atoms with E-state index in [9.17, 15) is 9.90 Å². The van der Waals surface area contributed by atoms with Gasteiger partial charge in [-0.25, -0.2) is 4.79 Å². The highest BCUT2D eigenvalue weighted by Gasteiger charge is 2.39. The summed E-state index contributed by atoms with van der Waals surface area (Å²) < 4.78 is 1.07. The highest BCUT2D eigenvalue weighted by atomic mass is 16.3. The Morgan fingerprint density at radius 2 is 2.08 bits per heavy atom. The van der Waals surface area contributed by atoms with Crippen molar-refractivity contribution in [2.75, 3.05) is 0 Å². The van der Waals surface area contributed by atoms with Gasteiger partial charge in [-0.2, -0.15) is 0 Å². The molecule has 0 aromatic heterocycles. The van der Waals surface area contributed by atoms with E-state index < -0.39 is 6.23 Å². The Morgan fingerprint density at radius 1 is 1.42 bits per heavy atom. The summed E-state index contributed by atoms with van der Waals surface area (Å²) in [6.45, 7) is 3.45. The van der Waals surface area contributed by atoms with Crippen LogP contribution in [-0.2, 0) is 0 Å². The molecule has 0 bridgehead atoms. The second-order valence-electron chi connectivity index (χ2n) is 2.74. The highest BCUT2D eigenvalue weighted by Crippen LogP contribution is 2.26. The minimum atomic E-state index is -0.881. The van der Waals surface area contributed by atoms with E-state index in [2.05, 4.69) is 6.72 Å². The van der Waals surface area contributed by atoms with Gasteiger partial charge < -0.3 is 5.11 Å². The summed E-state index contributed by atoms with van der Waals surface area (Å²) in [5.74, 6) is -0.224. The van der Waals surface area contributed by atoms with Gasteiger partial charge in [0, 0.05) is 0 Å². The first-order valence-electron chi connectivity index (χ1n) is 3.63. The summed E-state index contributed by atoms with van der Waals surface area (Å²) in [5.41, 5.74) is 1.18. The van der Waals surface area contributed by atoms with Crippen LogP contribution in [0.5, 0.6) is 0 Å². The van der Waals surface area contributed by atoms with E-state index in [-0.39, 0.29) is 5.91 Å². The maximum atomic E-state index is 11.3. The van der Waals surface area contributed by atoms with Crippen molar-refractivity contribution in [2.45, 2.75) is 6.23 Å². The number of carbonyl (C=O) groups is 1. The van der Waals surface area contributed by atoms with Crippen LogP contribution in [0.4, 0.5) is 0 Å². The lowest BCUT2D eigenvalue weighted by molar-refractivity contribution is -0.516. The Balaban J connectivity index is 2.67. The van der Waals surface area contributed by atoms with Gasteiger partial charge in [0.05, 0.1) is 5.56 Å². The zero-order chi connectivity index (χ0) is 8.72. The smallest absolute Gasteiger partial charge is 0.333 e. The maximum Gasteiger partial charge on any atom is 0.422 e. The Bertz CT molecular complexity index is 371. The zero-order valence-corrected chi connectivity index (χ0v) is 6.40. The molecule has 1 amide bonds. The molecule has 1 aromatic carbocycles. The molecule has 12 heavy (non-hydrogen) atoms. The van der Waals surface area contributed by atoms with Crippen molar-refractivity contribution < 1.29 is 14.5 Å².